The molecule has 0 aliphatic carbocycles. The van der Waals surface area contributed by atoms with Crippen LogP contribution in [0.25, 0.3) is 0 Å². The molecule has 2 unspecified atom stereocenters. The van der Waals surface area contributed by atoms with Crippen LogP contribution in [0.1, 0.15) is 24.9 Å². The summed E-state index contributed by atoms with van der Waals surface area (Å²) in [5.74, 6) is 0. The van der Waals surface area contributed by atoms with Crippen LogP contribution in [0.2, 0.25) is 0 Å². The first-order valence-corrected chi connectivity index (χ1v) is 7.33. The normalized spacial score (nSPS) is 26.2. The lowest BCUT2D eigenvalue weighted by Crippen LogP contribution is -2.48. The molecular formula is C13H22N2OS. The van der Waals surface area contributed by atoms with E-state index < -0.39 is 0 Å². The Morgan fingerprint density at radius 2 is 2.47 bits per heavy atom. The Labute approximate surface area is 108 Å². The molecule has 1 aromatic heterocycles. The highest BCUT2D eigenvalue weighted by molar-refractivity contribution is 7.07. The Morgan fingerprint density at radius 1 is 1.59 bits per heavy atom. The van der Waals surface area contributed by atoms with Crippen LogP contribution in [-0.2, 0) is 4.74 Å². The summed E-state index contributed by atoms with van der Waals surface area (Å²) in [6, 6.07) is 2.65. The lowest BCUT2D eigenvalue weighted by atomic mass is 10.0. The smallest absolute Gasteiger partial charge is 0.0896 e. The first kappa shape index (κ1) is 13.0. The van der Waals surface area contributed by atoms with E-state index in [4.69, 9.17) is 4.74 Å². The maximum atomic E-state index is 5.93. The van der Waals surface area contributed by atoms with E-state index >= 15 is 0 Å². The molecule has 0 saturated carbocycles. The highest BCUT2D eigenvalue weighted by atomic mass is 32.1. The van der Waals surface area contributed by atoms with Gasteiger partial charge in [0.1, 0.15) is 0 Å². The van der Waals surface area contributed by atoms with E-state index in [-0.39, 0.29) is 6.10 Å². The Bertz CT molecular complexity index is 297. The molecule has 1 fully saturated rings. The summed E-state index contributed by atoms with van der Waals surface area (Å²) < 4.78 is 5.93. The highest BCUT2D eigenvalue weighted by Gasteiger charge is 2.32. The molecule has 2 rings (SSSR count). The zero-order valence-corrected chi connectivity index (χ0v) is 11.5. The van der Waals surface area contributed by atoms with Gasteiger partial charge in [-0.3, -0.25) is 4.90 Å². The summed E-state index contributed by atoms with van der Waals surface area (Å²) in [6.45, 7) is 6.22. The second-order valence-electron chi connectivity index (χ2n) is 4.50. The van der Waals surface area contributed by atoms with Crippen molar-refractivity contribution in [1.29, 1.82) is 0 Å². The van der Waals surface area contributed by atoms with Crippen LogP contribution in [0.3, 0.4) is 0 Å². The van der Waals surface area contributed by atoms with Gasteiger partial charge in [0.25, 0.3) is 0 Å². The molecule has 0 spiro atoms. The van der Waals surface area contributed by atoms with Crippen LogP contribution in [0.5, 0.6) is 0 Å². The third-order valence-corrected chi connectivity index (χ3v) is 3.96. The lowest BCUT2D eigenvalue weighted by Gasteiger charge is -2.41. The van der Waals surface area contributed by atoms with Crippen LogP contribution in [-0.4, -0.2) is 44.3 Å². The Kier molecular flexibility index (Phi) is 4.98. The number of hydrogen-bond donors (Lipinski definition) is 1. The van der Waals surface area contributed by atoms with Crippen LogP contribution in [0.15, 0.2) is 16.8 Å². The quantitative estimate of drug-likeness (QED) is 0.871. The second-order valence-corrected chi connectivity index (χ2v) is 5.28. The SMILES string of the molecule is CCCN1CCOC(CNC)C1c1ccsc1. The van der Waals surface area contributed by atoms with E-state index in [0.29, 0.717) is 6.04 Å². The monoisotopic (exact) mass is 254 g/mol. The predicted molar refractivity (Wildman–Crippen MR) is 72.6 cm³/mol. The van der Waals surface area contributed by atoms with E-state index in [0.717, 1.165) is 26.2 Å². The van der Waals surface area contributed by atoms with Crippen LogP contribution >= 0.6 is 11.3 Å². The molecule has 0 amide bonds. The number of thiophene rings is 1. The summed E-state index contributed by atoms with van der Waals surface area (Å²) in [4.78, 5) is 2.56. The summed E-state index contributed by atoms with van der Waals surface area (Å²) in [7, 11) is 1.99. The minimum absolute atomic E-state index is 0.273. The average Bonchev–Trinajstić information content (AvgIpc) is 2.84. The summed E-state index contributed by atoms with van der Waals surface area (Å²) in [6.07, 6.45) is 1.47. The zero-order valence-electron chi connectivity index (χ0n) is 10.7. The van der Waals surface area contributed by atoms with Crippen molar-refractivity contribution in [3.63, 3.8) is 0 Å². The topological polar surface area (TPSA) is 24.5 Å². The van der Waals surface area contributed by atoms with Crippen LogP contribution < -0.4 is 5.32 Å². The van der Waals surface area contributed by atoms with Gasteiger partial charge in [-0.2, -0.15) is 11.3 Å². The lowest BCUT2D eigenvalue weighted by molar-refractivity contribution is -0.0703. The molecule has 0 aromatic carbocycles. The van der Waals surface area contributed by atoms with E-state index in [1.807, 2.05) is 7.05 Å². The predicted octanol–water partition coefficient (Wildman–Crippen LogP) is 2.12. The van der Waals surface area contributed by atoms with Crippen molar-refractivity contribution in [3.8, 4) is 0 Å². The Morgan fingerprint density at radius 3 is 3.12 bits per heavy atom. The Hall–Kier alpha value is -0.420. The summed E-state index contributed by atoms with van der Waals surface area (Å²) >= 11 is 1.77. The maximum absolute atomic E-state index is 5.93. The number of nitrogens with one attached hydrogen (secondary N) is 1. The van der Waals surface area contributed by atoms with Gasteiger partial charge < -0.3 is 10.1 Å². The molecule has 0 radical (unpaired) electrons. The van der Waals surface area contributed by atoms with Gasteiger partial charge in [0, 0.05) is 13.1 Å². The standard InChI is InChI=1S/C13H22N2OS/c1-3-5-15-6-7-16-12(9-14-2)13(15)11-4-8-17-10-11/h4,8,10,12-14H,3,5-7,9H2,1-2H3. The van der Waals surface area contributed by atoms with Gasteiger partial charge in [-0.05, 0) is 42.4 Å². The molecule has 96 valence electrons. The van der Waals surface area contributed by atoms with Crippen molar-refractivity contribution >= 4 is 11.3 Å². The zero-order chi connectivity index (χ0) is 12.1. The molecule has 1 saturated heterocycles. The Balaban J connectivity index is 2.15. The largest absolute Gasteiger partial charge is 0.374 e. The first-order valence-electron chi connectivity index (χ1n) is 6.39. The summed E-state index contributed by atoms with van der Waals surface area (Å²) in [5, 5.41) is 7.66. The third-order valence-electron chi connectivity index (χ3n) is 3.26. The molecule has 1 aliphatic rings. The van der Waals surface area contributed by atoms with Crippen molar-refractivity contribution in [2.24, 2.45) is 0 Å². The fourth-order valence-corrected chi connectivity index (χ4v) is 3.25. The fourth-order valence-electron chi connectivity index (χ4n) is 2.57. The minimum atomic E-state index is 0.273. The van der Waals surface area contributed by atoms with E-state index in [9.17, 15) is 0 Å². The molecule has 2 atom stereocenters. The number of likely N-dealkylation sites (N-methyl/N-ethyl adjacent to an activating group) is 1. The number of morpholine rings is 1. The molecule has 1 N–H and O–H groups in total. The molecule has 4 heteroatoms. The van der Waals surface area contributed by atoms with Crippen molar-refractivity contribution in [2.45, 2.75) is 25.5 Å². The fraction of sp³-hybridized carbons (Fsp3) is 0.692. The molecule has 3 nitrogen and oxygen atoms in total. The number of ether oxygens (including phenoxy) is 1. The van der Waals surface area contributed by atoms with Crippen molar-refractivity contribution in [3.05, 3.63) is 22.4 Å². The molecule has 1 aromatic rings. The minimum Gasteiger partial charge on any atom is -0.374 e. The van der Waals surface area contributed by atoms with Crippen molar-refractivity contribution in [1.82, 2.24) is 10.2 Å². The van der Waals surface area contributed by atoms with E-state index in [1.165, 1.54) is 12.0 Å². The van der Waals surface area contributed by atoms with Crippen molar-refractivity contribution in [2.75, 3.05) is 33.3 Å². The molecule has 17 heavy (non-hydrogen) atoms. The van der Waals surface area contributed by atoms with Crippen LogP contribution in [0.4, 0.5) is 0 Å². The van der Waals surface area contributed by atoms with E-state index in [2.05, 4.69) is 34.0 Å². The second kappa shape index (κ2) is 6.50. The maximum Gasteiger partial charge on any atom is 0.0896 e. The van der Waals surface area contributed by atoms with Gasteiger partial charge in [0.15, 0.2) is 0 Å². The van der Waals surface area contributed by atoms with Gasteiger partial charge in [-0.25, -0.2) is 0 Å². The first-order chi connectivity index (χ1) is 8.36. The van der Waals surface area contributed by atoms with E-state index in [1.54, 1.807) is 11.3 Å². The highest BCUT2D eigenvalue weighted by Crippen LogP contribution is 2.30. The van der Waals surface area contributed by atoms with Gasteiger partial charge in [0.05, 0.1) is 18.8 Å². The van der Waals surface area contributed by atoms with Gasteiger partial charge in [0.2, 0.25) is 0 Å². The molecular weight excluding hydrogens is 232 g/mol. The average molecular weight is 254 g/mol. The van der Waals surface area contributed by atoms with Gasteiger partial charge >= 0.3 is 0 Å². The number of rotatable bonds is 5. The van der Waals surface area contributed by atoms with Crippen LogP contribution in [0, 0.1) is 0 Å². The van der Waals surface area contributed by atoms with Gasteiger partial charge in [-0.1, -0.05) is 6.92 Å². The number of hydrogen-bond acceptors (Lipinski definition) is 4. The van der Waals surface area contributed by atoms with Crippen molar-refractivity contribution < 1.29 is 4.74 Å². The molecule has 1 aliphatic heterocycles. The molecule has 2 heterocycles. The third kappa shape index (κ3) is 3.07. The summed E-state index contributed by atoms with van der Waals surface area (Å²) in [5.41, 5.74) is 1.41. The number of nitrogens with zero attached hydrogens (tertiary/aromatic N) is 1. The van der Waals surface area contributed by atoms with Gasteiger partial charge in [-0.15, -0.1) is 0 Å². The molecule has 0 bridgehead atoms.